The first-order valence-electron chi connectivity index (χ1n) is 7.59. The van der Waals surface area contributed by atoms with E-state index in [1.807, 2.05) is 23.2 Å². The molecule has 2 heterocycles. The molecule has 0 fully saturated rings. The van der Waals surface area contributed by atoms with Crippen molar-refractivity contribution < 1.29 is 9.53 Å². The summed E-state index contributed by atoms with van der Waals surface area (Å²) in [5, 5.41) is 4.61. The molecule has 1 aliphatic carbocycles. The van der Waals surface area contributed by atoms with Crippen molar-refractivity contribution in [3.05, 3.63) is 23.4 Å². The van der Waals surface area contributed by atoms with Crippen molar-refractivity contribution in [2.75, 3.05) is 12.9 Å². The number of aromatic nitrogens is 2. The van der Waals surface area contributed by atoms with Gasteiger partial charge in [0.15, 0.2) is 5.78 Å². The van der Waals surface area contributed by atoms with Crippen LogP contribution in [0.4, 0.5) is 0 Å². The van der Waals surface area contributed by atoms with Crippen LogP contribution in [0.2, 0.25) is 0 Å². The molecule has 0 N–H and O–H groups in total. The molecule has 1 aliphatic rings. The number of carbonyl (C=O) groups is 1. The Balaban J connectivity index is 1.90. The van der Waals surface area contributed by atoms with Crippen molar-refractivity contribution >= 4 is 28.9 Å². The van der Waals surface area contributed by atoms with Gasteiger partial charge in [-0.15, -0.1) is 23.1 Å². The Labute approximate surface area is 138 Å². The van der Waals surface area contributed by atoms with Crippen molar-refractivity contribution in [3.8, 4) is 10.6 Å². The van der Waals surface area contributed by atoms with Gasteiger partial charge >= 0.3 is 0 Å². The van der Waals surface area contributed by atoms with Gasteiger partial charge in [0, 0.05) is 24.8 Å². The van der Waals surface area contributed by atoms with Gasteiger partial charge in [0.25, 0.3) is 0 Å². The summed E-state index contributed by atoms with van der Waals surface area (Å²) >= 11 is 3.36. The highest BCUT2D eigenvalue weighted by molar-refractivity contribution is 8.00. The lowest BCUT2D eigenvalue weighted by atomic mass is 9.92. The maximum Gasteiger partial charge on any atom is 0.165 e. The molecule has 118 valence electrons. The van der Waals surface area contributed by atoms with Crippen LogP contribution in [-0.2, 0) is 17.9 Å². The van der Waals surface area contributed by atoms with Gasteiger partial charge < -0.3 is 4.74 Å². The number of nitrogens with zero attached hydrogens (tertiary/aromatic N) is 2. The van der Waals surface area contributed by atoms with Crippen molar-refractivity contribution in [2.24, 2.45) is 0 Å². The molecular formula is C16H20N2O2S2. The van der Waals surface area contributed by atoms with E-state index in [9.17, 15) is 4.79 Å². The molecule has 2 aromatic rings. The van der Waals surface area contributed by atoms with Crippen LogP contribution in [0.3, 0.4) is 0 Å². The van der Waals surface area contributed by atoms with E-state index in [1.54, 1.807) is 23.1 Å². The fourth-order valence-electron chi connectivity index (χ4n) is 2.72. The molecule has 0 saturated heterocycles. The van der Waals surface area contributed by atoms with Crippen LogP contribution in [-0.4, -0.2) is 28.4 Å². The van der Waals surface area contributed by atoms with Crippen molar-refractivity contribution in [2.45, 2.75) is 43.5 Å². The molecule has 0 amide bonds. The zero-order chi connectivity index (χ0) is 15.5. The number of carbonyl (C=O) groups excluding carboxylic acids is 1. The standard InChI is InChI=1S/C16H20N2O2S2/c1-3-9-20-10-18-8-7-12(17-18)15-11-5-4-6-13(19)14(11)16(21-2)22-15/h7-8H,3-6,9-10H2,1-2H3. The largest absolute Gasteiger partial charge is 0.359 e. The third kappa shape index (κ3) is 3.00. The Bertz CT molecular complexity index is 676. The topological polar surface area (TPSA) is 44.1 Å². The summed E-state index contributed by atoms with van der Waals surface area (Å²) in [6.45, 7) is 3.32. The first kappa shape index (κ1) is 15.8. The van der Waals surface area contributed by atoms with Gasteiger partial charge in [-0.3, -0.25) is 4.79 Å². The summed E-state index contributed by atoms with van der Waals surface area (Å²) in [5.41, 5.74) is 3.11. The molecule has 0 unspecified atom stereocenters. The van der Waals surface area contributed by atoms with E-state index in [1.165, 1.54) is 5.56 Å². The molecule has 0 saturated carbocycles. The zero-order valence-electron chi connectivity index (χ0n) is 12.9. The van der Waals surface area contributed by atoms with Gasteiger partial charge in [-0.05, 0) is 37.1 Å². The van der Waals surface area contributed by atoms with E-state index in [4.69, 9.17) is 4.74 Å². The molecule has 0 bridgehead atoms. The number of hydrogen-bond acceptors (Lipinski definition) is 5. The molecule has 0 atom stereocenters. The normalized spacial score (nSPS) is 14.4. The summed E-state index contributed by atoms with van der Waals surface area (Å²) in [5.74, 6) is 0.291. The summed E-state index contributed by atoms with van der Waals surface area (Å²) in [6.07, 6.45) is 7.59. The summed E-state index contributed by atoms with van der Waals surface area (Å²) in [7, 11) is 0. The van der Waals surface area contributed by atoms with Crippen LogP contribution in [0, 0.1) is 0 Å². The van der Waals surface area contributed by atoms with Crippen molar-refractivity contribution in [3.63, 3.8) is 0 Å². The number of thioether (sulfide) groups is 1. The van der Waals surface area contributed by atoms with E-state index in [0.717, 1.165) is 46.2 Å². The lowest BCUT2D eigenvalue weighted by molar-refractivity contribution is 0.0695. The molecule has 22 heavy (non-hydrogen) atoms. The minimum atomic E-state index is 0.291. The highest BCUT2D eigenvalue weighted by atomic mass is 32.2. The molecule has 0 aromatic carbocycles. The first-order chi connectivity index (χ1) is 10.7. The number of rotatable bonds is 6. The number of fused-ring (bicyclic) bond motifs is 1. The molecule has 4 nitrogen and oxygen atoms in total. The van der Waals surface area contributed by atoms with Crippen LogP contribution < -0.4 is 0 Å². The molecule has 0 radical (unpaired) electrons. The third-order valence-corrected chi connectivity index (χ3v) is 6.09. The van der Waals surface area contributed by atoms with Crippen LogP contribution >= 0.6 is 23.1 Å². The number of Topliss-reactive ketones (excluding diaryl/α,β-unsaturated/α-hetero) is 1. The van der Waals surface area contributed by atoms with Crippen LogP contribution in [0.15, 0.2) is 16.5 Å². The number of ether oxygens (including phenoxy) is 1. The summed E-state index contributed by atoms with van der Waals surface area (Å²) < 4.78 is 8.47. The highest BCUT2D eigenvalue weighted by Gasteiger charge is 2.27. The first-order valence-corrected chi connectivity index (χ1v) is 9.63. The minimum absolute atomic E-state index is 0.291. The number of thiophene rings is 1. The Kier molecular flexibility index (Phi) is 5.00. The van der Waals surface area contributed by atoms with E-state index in [2.05, 4.69) is 12.0 Å². The van der Waals surface area contributed by atoms with Gasteiger partial charge in [0.05, 0.1) is 9.09 Å². The molecule has 3 rings (SSSR count). The third-order valence-electron chi connectivity index (χ3n) is 3.71. The maximum absolute atomic E-state index is 12.2. The predicted molar refractivity (Wildman–Crippen MR) is 90.8 cm³/mol. The predicted octanol–water partition coefficient (Wildman–Crippen LogP) is 4.24. The maximum atomic E-state index is 12.2. The van der Waals surface area contributed by atoms with Crippen LogP contribution in [0.25, 0.3) is 10.6 Å². The number of ketones is 1. The van der Waals surface area contributed by atoms with Crippen molar-refractivity contribution in [1.82, 2.24) is 9.78 Å². The van der Waals surface area contributed by atoms with Gasteiger partial charge in [0.1, 0.15) is 12.4 Å². The second kappa shape index (κ2) is 6.98. The molecule has 0 spiro atoms. The summed E-state index contributed by atoms with van der Waals surface area (Å²) in [6, 6.07) is 2.02. The Morgan fingerprint density at radius 2 is 2.32 bits per heavy atom. The van der Waals surface area contributed by atoms with E-state index in [0.29, 0.717) is 18.9 Å². The Morgan fingerprint density at radius 1 is 1.45 bits per heavy atom. The van der Waals surface area contributed by atoms with Crippen LogP contribution in [0.5, 0.6) is 0 Å². The van der Waals surface area contributed by atoms with E-state index < -0.39 is 0 Å². The van der Waals surface area contributed by atoms with Crippen LogP contribution in [0.1, 0.15) is 42.1 Å². The van der Waals surface area contributed by atoms with Gasteiger partial charge in [-0.1, -0.05) is 6.92 Å². The zero-order valence-corrected chi connectivity index (χ0v) is 14.6. The SMILES string of the molecule is CCCOCn1ccc(-c2sc(SC)c3c2CCCC3=O)n1. The molecule has 2 aromatic heterocycles. The van der Waals surface area contributed by atoms with Gasteiger partial charge in [-0.25, -0.2) is 4.68 Å². The Hall–Kier alpha value is -1.11. The molecule has 0 aliphatic heterocycles. The lowest BCUT2D eigenvalue weighted by Crippen LogP contribution is -2.09. The van der Waals surface area contributed by atoms with E-state index in [-0.39, 0.29) is 0 Å². The fourth-order valence-corrected chi connectivity index (χ4v) is 4.81. The molecule has 6 heteroatoms. The fraction of sp³-hybridized carbons (Fsp3) is 0.500. The number of hydrogen-bond donors (Lipinski definition) is 0. The second-order valence-corrected chi connectivity index (χ2v) is 7.43. The molecular weight excluding hydrogens is 316 g/mol. The minimum Gasteiger partial charge on any atom is -0.359 e. The average Bonchev–Trinajstić information content (AvgIpc) is 3.12. The van der Waals surface area contributed by atoms with Gasteiger partial charge in [0.2, 0.25) is 0 Å². The van der Waals surface area contributed by atoms with Gasteiger partial charge in [-0.2, -0.15) is 5.10 Å². The summed E-state index contributed by atoms with van der Waals surface area (Å²) in [4.78, 5) is 13.4. The smallest absolute Gasteiger partial charge is 0.165 e. The van der Waals surface area contributed by atoms with E-state index >= 15 is 0 Å². The lowest BCUT2D eigenvalue weighted by Gasteiger charge is -2.12. The van der Waals surface area contributed by atoms with Crippen molar-refractivity contribution in [1.29, 1.82) is 0 Å². The highest BCUT2D eigenvalue weighted by Crippen LogP contribution is 2.43. The average molecular weight is 336 g/mol. The Morgan fingerprint density at radius 3 is 3.09 bits per heavy atom. The quantitative estimate of drug-likeness (QED) is 0.585. The monoisotopic (exact) mass is 336 g/mol. The second-order valence-electron chi connectivity index (χ2n) is 5.33.